The Bertz CT molecular complexity index is 646. The third-order valence-corrected chi connectivity index (χ3v) is 4.23. The van der Waals surface area contributed by atoms with Gasteiger partial charge in [-0.15, -0.1) is 0 Å². The molecule has 0 spiro atoms. The molecule has 3 nitrogen and oxygen atoms in total. The molecule has 0 unspecified atom stereocenters. The van der Waals surface area contributed by atoms with Gasteiger partial charge in [0.1, 0.15) is 5.82 Å². The van der Waals surface area contributed by atoms with Crippen LogP contribution in [0.25, 0.3) is 0 Å². The molecule has 2 N–H and O–H groups in total. The number of rotatable bonds is 4. The maximum Gasteiger partial charge on any atom is 0.255 e. The topological polar surface area (TPSA) is 41.1 Å². The summed E-state index contributed by atoms with van der Waals surface area (Å²) in [5.41, 5.74) is 2.25. The predicted octanol–water partition coefficient (Wildman–Crippen LogP) is 4.82. The minimum atomic E-state index is -0.348. The summed E-state index contributed by atoms with van der Waals surface area (Å²) in [5.74, 6) is -0.585. The van der Waals surface area contributed by atoms with Gasteiger partial charge >= 0.3 is 0 Å². The van der Waals surface area contributed by atoms with Gasteiger partial charge in [-0.2, -0.15) is 0 Å². The normalized spacial score (nSPS) is 15.2. The molecule has 0 heterocycles. The number of anilines is 2. The van der Waals surface area contributed by atoms with Crippen molar-refractivity contribution in [3.05, 3.63) is 59.9 Å². The number of hydrogen-bond donors (Lipinski definition) is 2. The van der Waals surface area contributed by atoms with Gasteiger partial charge in [-0.1, -0.05) is 19.3 Å². The van der Waals surface area contributed by atoms with Crippen molar-refractivity contribution in [2.24, 2.45) is 0 Å². The van der Waals surface area contributed by atoms with E-state index < -0.39 is 0 Å². The summed E-state index contributed by atoms with van der Waals surface area (Å²) in [7, 11) is 0. The molecule has 1 fully saturated rings. The molecule has 0 aromatic heterocycles. The van der Waals surface area contributed by atoms with Gasteiger partial charge in [-0.25, -0.2) is 4.39 Å². The third kappa shape index (κ3) is 4.31. The van der Waals surface area contributed by atoms with Crippen LogP contribution in [0.4, 0.5) is 15.8 Å². The molecule has 2 aromatic rings. The molecule has 1 aliphatic rings. The van der Waals surface area contributed by atoms with Gasteiger partial charge < -0.3 is 10.6 Å². The molecular weight excluding hydrogens is 291 g/mol. The Morgan fingerprint density at radius 3 is 2.13 bits per heavy atom. The Morgan fingerprint density at radius 2 is 1.48 bits per heavy atom. The first-order valence-corrected chi connectivity index (χ1v) is 8.14. The zero-order valence-corrected chi connectivity index (χ0v) is 13.0. The van der Waals surface area contributed by atoms with E-state index in [1.165, 1.54) is 56.4 Å². The average Bonchev–Trinajstić information content (AvgIpc) is 2.58. The maximum absolute atomic E-state index is 12.9. The first-order chi connectivity index (χ1) is 11.2. The molecule has 0 radical (unpaired) electrons. The van der Waals surface area contributed by atoms with Gasteiger partial charge in [0.25, 0.3) is 5.91 Å². The molecular formula is C19H21FN2O. The summed E-state index contributed by atoms with van der Waals surface area (Å²) < 4.78 is 12.9. The van der Waals surface area contributed by atoms with E-state index in [0.29, 0.717) is 11.6 Å². The lowest BCUT2D eigenvalue weighted by Crippen LogP contribution is -2.22. The molecule has 23 heavy (non-hydrogen) atoms. The largest absolute Gasteiger partial charge is 0.382 e. The Hall–Kier alpha value is -2.36. The standard InChI is InChI=1S/C19H21FN2O/c20-15-8-6-14(7-9-15)19(23)22-18-12-10-17(11-13-18)21-16-4-2-1-3-5-16/h6-13,16,21H,1-5H2,(H,22,23). The zero-order chi connectivity index (χ0) is 16.1. The zero-order valence-electron chi connectivity index (χ0n) is 13.0. The van der Waals surface area contributed by atoms with Crippen molar-refractivity contribution in [3.8, 4) is 0 Å². The van der Waals surface area contributed by atoms with Crippen LogP contribution in [0.1, 0.15) is 42.5 Å². The molecule has 1 saturated carbocycles. The lowest BCUT2D eigenvalue weighted by atomic mass is 9.95. The number of carbonyl (C=O) groups is 1. The highest BCUT2D eigenvalue weighted by atomic mass is 19.1. The first-order valence-electron chi connectivity index (χ1n) is 8.14. The number of halogens is 1. The Kier molecular flexibility index (Phi) is 4.91. The van der Waals surface area contributed by atoms with E-state index in [2.05, 4.69) is 10.6 Å². The van der Waals surface area contributed by atoms with E-state index >= 15 is 0 Å². The first kappa shape index (κ1) is 15.5. The number of benzene rings is 2. The smallest absolute Gasteiger partial charge is 0.255 e. The van der Waals surface area contributed by atoms with E-state index in [0.717, 1.165) is 11.4 Å². The van der Waals surface area contributed by atoms with Crippen LogP contribution in [0.15, 0.2) is 48.5 Å². The number of hydrogen-bond acceptors (Lipinski definition) is 2. The fourth-order valence-electron chi connectivity index (χ4n) is 2.94. The molecule has 0 aliphatic heterocycles. The van der Waals surface area contributed by atoms with Crippen molar-refractivity contribution >= 4 is 17.3 Å². The average molecular weight is 312 g/mol. The molecule has 0 saturated heterocycles. The minimum Gasteiger partial charge on any atom is -0.382 e. The predicted molar refractivity (Wildman–Crippen MR) is 91.3 cm³/mol. The SMILES string of the molecule is O=C(Nc1ccc(NC2CCCCC2)cc1)c1ccc(F)cc1. The van der Waals surface area contributed by atoms with Crippen LogP contribution in [0.3, 0.4) is 0 Å². The Morgan fingerprint density at radius 1 is 0.870 bits per heavy atom. The van der Waals surface area contributed by atoms with Crippen molar-refractivity contribution < 1.29 is 9.18 Å². The van der Waals surface area contributed by atoms with Crippen molar-refractivity contribution in [1.29, 1.82) is 0 Å². The second-order valence-corrected chi connectivity index (χ2v) is 6.02. The lowest BCUT2D eigenvalue weighted by molar-refractivity contribution is 0.102. The summed E-state index contributed by atoms with van der Waals surface area (Å²) in [4.78, 5) is 12.1. The second kappa shape index (κ2) is 7.27. The van der Waals surface area contributed by atoms with Crippen LogP contribution in [-0.4, -0.2) is 11.9 Å². The van der Waals surface area contributed by atoms with Crippen molar-refractivity contribution in [3.63, 3.8) is 0 Å². The van der Waals surface area contributed by atoms with Crippen LogP contribution in [0.5, 0.6) is 0 Å². The van der Waals surface area contributed by atoms with E-state index in [9.17, 15) is 9.18 Å². The molecule has 0 atom stereocenters. The molecule has 2 aromatic carbocycles. The maximum atomic E-state index is 12.9. The Balaban J connectivity index is 1.58. The molecule has 3 rings (SSSR count). The summed E-state index contributed by atoms with van der Waals surface area (Å²) in [6.45, 7) is 0. The van der Waals surface area contributed by atoms with Crippen LogP contribution in [0.2, 0.25) is 0 Å². The molecule has 120 valence electrons. The molecule has 0 bridgehead atoms. The van der Waals surface area contributed by atoms with E-state index in [4.69, 9.17) is 0 Å². The number of nitrogens with one attached hydrogen (secondary N) is 2. The van der Waals surface area contributed by atoms with Crippen molar-refractivity contribution in [2.75, 3.05) is 10.6 Å². The van der Waals surface area contributed by atoms with Gasteiger partial charge in [0, 0.05) is 23.0 Å². The van der Waals surface area contributed by atoms with E-state index in [1.807, 2.05) is 24.3 Å². The highest BCUT2D eigenvalue weighted by molar-refractivity contribution is 6.04. The van der Waals surface area contributed by atoms with Crippen molar-refractivity contribution in [1.82, 2.24) is 0 Å². The third-order valence-electron chi connectivity index (χ3n) is 4.23. The number of carbonyl (C=O) groups excluding carboxylic acids is 1. The summed E-state index contributed by atoms with van der Waals surface area (Å²) in [5, 5.41) is 6.36. The Labute approximate surface area is 135 Å². The van der Waals surface area contributed by atoms with Crippen LogP contribution in [0, 0.1) is 5.82 Å². The quantitative estimate of drug-likeness (QED) is 0.849. The van der Waals surface area contributed by atoms with E-state index in [-0.39, 0.29) is 11.7 Å². The van der Waals surface area contributed by atoms with Gasteiger partial charge in [0.2, 0.25) is 0 Å². The highest BCUT2D eigenvalue weighted by Gasteiger charge is 2.13. The van der Waals surface area contributed by atoms with Crippen LogP contribution >= 0.6 is 0 Å². The van der Waals surface area contributed by atoms with Crippen LogP contribution in [-0.2, 0) is 0 Å². The molecule has 1 aliphatic carbocycles. The van der Waals surface area contributed by atoms with E-state index in [1.54, 1.807) is 0 Å². The fraction of sp³-hybridized carbons (Fsp3) is 0.316. The summed E-state index contributed by atoms with van der Waals surface area (Å²) in [6.07, 6.45) is 6.38. The molecule has 1 amide bonds. The van der Waals surface area contributed by atoms with Crippen molar-refractivity contribution in [2.45, 2.75) is 38.1 Å². The summed E-state index contributed by atoms with van der Waals surface area (Å²) >= 11 is 0. The van der Waals surface area contributed by atoms with Crippen LogP contribution < -0.4 is 10.6 Å². The van der Waals surface area contributed by atoms with Gasteiger partial charge in [0.15, 0.2) is 0 Å². The highest BCUT2D eigenvalue weighted by Crippen LogP contribution is 2.22. The van der Waals surface area contributed by atoms with Gasteiger partial charge in [0.05, 0.1) is 0 Å². The number of amides is 1. The summed E-state index contributed by atoms with van der Waals surface area (Å²) in [6, 6.07) is 13.8. The second-order valence-electron chi connectivity index (χ2n) is 6.02. The monoisotopic (exact) mass is 312 g/mol. The minimum absolute atomic E-state index is 0.238. The fourth-order valence-corrected chi connectivity index (χ4v) is 2.94. The lowest BCUT2D eigenvalue weighted by Gasteiger charge is -2.23. The van der Waals surface area contributed by atoms with Gasteiger partial charge in [-0.05, 0) is 61.4 Å². The van der Waals surface area contributed by atoms with Gasteiger partial charge in [-0.3, -0.25) is 4.79 Å². The molecule has 4 heteroatoms.